The van der Waals surface area contributed by atoms with Gasteiger partial charge in [0.2, 0.25) is 5.91 Å². The van der Waals surface area contributed by atoms with E-state index in [4.69, 9.17) is 0 Å². The molecule has 0 bridgehead atoms. The summed E-state index contributed by atoms with van der Waals surface area (Å²) in [5.74, 6) is -0.0750. The van der Waals surface area contributed by atoms with Gasteiger partial charge in [-0.3, -0.25) is 4.79 Å². The minimum Gasteiger partial charge on any atom is -0.394 e. The summed E-state index contributed by atoms with van der Waals surface area (Å²) in [7, 11) is 0. The van der Waals surface area contributed by atoms with Crippen molar-refractivity contribution in [3.05, 3.63) is 12.2 Å². The van der Waals surface area contributed by atoms with Gasteiger partial charge in [0.05, 0.1) is 18.8 Å². The Morgan fingerprint density at radius 2 is 1.09 bits per heavy atom. The smallest absolute Gasteiger partial charge is 0.220 e. The Balaban J connectivity index is 3.40. The molecule has 0 heterocycles. The van der Waals surface area contributed by atoms with Crippen molar-refractivity contribution in [2.45, 2.75) is 167 Å². The lowest BCUT2D eigenvalue weighted by Crippen LogP contribution is -2.45. The first kappa shape index (κ1) is 33.1. The Morgan fingerprint density at radius 1 is 0.676 bits per heavy atom. The van der Waals surface area contributed by atoms with Crippen molar-refractivity contribution in [2.75, 3.05) is 6.61 Å². The average molecular weight is 482 g/mol. The lowest BCUT2D eigenvalue weighted by Gasteiger charge is -2.19. The highest BCUT2D eigenvalue weighted by Gasteiger charge is 2.17. The maximum atomic E-state index is 12.1. The fourth-order valence-electron chi connectivity index (χ4n) is 4.42. The molecular formula is C30H59NO3. The first-order valence-corrected chi connectivity index (χ1v) is 14.9. The number of amides is 1. The SMILES string of the molecule is CCC/C=C/C(O)C(CO)NC(=O)CCCCCCCCCCCCCCCCCCCCC. The van der Waals surface area contributed by atoms with E-state index >= 15 is 0 Å². The summed E-state index contributed by atoms with van der Waals surface area (Å²) in [5.41, 5.74) is 0. The summed E-state index contributed by atoms with van der Waals surface area (Å²) >= 11 is 0. The van der Waals surface area contributed by atoms with Gasteiger partial charge in [0, 0.05) is 6.42 Å². The van der Waals surface area contributed by atoms with Crippen LogP contribution in [0.4, 0.5) is 0 Å². The van der Waals surface area contributed by atoms with Crippen molar-refractivity contribution in [2.24, 2.45) is 0 Å². The summed E-state index contributed by atoms with van der Waals surface area (Å²) in [6.45, 7) is 4.11. The molecule has 0 aromatic heterocycles. The first-order valence-electron chi connectivity index (χ1n) is 14.9. The number of carbonyl (C=O) groups is 1. The van der Waals surface area contributed by atoms with Crippen LogP contribution in [0.1, 0.15) is 155 Å². The molecular weight excluding hydrogens is 422 g/mol. The minimum absolute atomic E-state index is 0.0750. The van der Waals surface area contributed by atoms with Crippen LogP contribution in [-0.4, -0.2) is 34.9 Å². The molecule has 0 saturated carbocycles. The molecule has 0 aromatic carbocycles. The van der Waals surface area contributed by atoms with E-state index in [1.54, 1.807) is 6.08 Å². The second-order valence-corrected chi connectivity index (χ2v) is 10.2. The highest BCUT2D eigenvalue weighted by Crippen LogP contribution is 2.15. The van der Waals surface area contributed by atoms with Gasteiger partial charge in [0.15, 0.2) is 0 Å². The third-order valence-electron chi connectivity index (χ3n) is 6.75. The zero-order valence-corrected chi connectivity index (χ0v) is 22.9. The Kier molecular flexibility index (Phi) is 26.0. The van der Waals surface area contributed by atoms with E-state index < -0.39 is 12.1 Å². The zero-order chi connectivity index (χ0) is 25.1. The van der Waals surface area contributed by atoms with Gasteiger partial charge in [0.25, 0.3) is 0 Å². The van der Waals surface area contributed by atoms with Crippen molar-refractivity contribution in [1.82, 2.24) is 5.32 Å². The maximum absolute atomic E-state index is 12.1. The Morgan fingerprint density at radius 3 is 1.47 bits per heavy atom. The molecule has 4 nitrogen and oxygen atoms in total. The Labute approximate surface area is 212 Å². The van der Waals surface area contributed by atoms with Crippen LogP contribution < -0.4 is 5.32 Å². The van der Waals surface area contributed by atoms with E-state index in [-0.39, 0.29) is 12.5 Å². The van der Waals surface area contributed by atoms with Gasteiger partial charge in [-0.15, -0.1) is 0 Å². The molecule has 0 spiro atoms. The normalized spacial score (nSPS) is 13.4. The van der Waals surface area contributed by atoms with Gasteiger partial charge in [-0.1, -0.05) is 148 Å². The minimum atomic E-state index is -0.828. The molecule has 3 N–H and O–H groups in total. The monoisotopic (exact) mass is 481 g/mol. The Bertz CT molecular complexity index is 452. The molecule has 0 aliphatic heterocycles. The molecule has 0 aromatic rings. The fraction of sp³-hybridized carbons (Fsp3) is 0.900. The lowest BCUT2D eigenvalue weighted by atomic mass is 10.0. The number of aliphatic hydroxyl groups is 2. The summed E-state index contributed by atoms with van der Waals surface area (Å²) in [6.07, 6.45) is 30.6. The molecule has 0 radical (unpaired) electrons. The highest BCUT2D eigenvalue weighted by molar-refractivity contribution is 5.76. The van der Waals surface area contributed by atoms with Crippen molar-refractivity contribution < 1.29 is 15.0 Å². The van der Waals surface area contributed by atoms with E-state index in [0.29, 0.717) is 6.42 Å². The van der Waals surface area contributed by atoms with E-state index in [9.17, 15) is 15.0 Å². The molecule has 4 heteroatoms. The predicted molar refractivity (Wildman–Crippen MR) is 147 cm³/mol. The van der Waals surface area contributed by atoms with Crippen LogP contribution >= 0.6 is 0 Å². The molecule has 2 unspecified atom stereocenters. The van der Waals surface area contributed by atoms with E-state index in [1.807, 2.05) is 6.08 Å². The molecule has 202 valence electrons. The summed E-state index contributed by atoms with van der Waals surface area (Å²) in [4.78, 5) is 12.1. The number of hydrogen-bond acceptors (Lipinski definition) is 3. The molecule has 1 amide bonds. The topological polar surface area (TPSA) is 69.6 Å². The molecule has 0 fully saturated rings. The van der Waals surface area contributed by atoms with Crippen LogP contribution in [0.25, 0.3) is 0 Å². The first-order chi connectivity index (χ1) is 16.7. The summed E-state index contributed by atoms with van der Waals surface area (Å²) in [5, 5.41) is 22.2. The van der Waals surface area contributed by atoms with Crippen LogP contribution in [0, 0.1) is 0 Å². The number of allylic oxidation sites excluding steroid dienone is 1. The largest absolute Gasteiger partial charge is 0.394 e. The molecule has 0 rings (SSSR count). The van der Waals surface area contributed by atoms with Gasteiger partial charge in [-0.2, -0.15) is 0 Å². The quantitative estimate of drug-likeness (QED) is 0.0865. The van der Waals surface area contributed by atoms with Gasteiger partial charge >= 0.3 is 0 Å². The summed E-state index contributed by atoms with van der Waals surface area (Å²) in [6, 6.07) is -0.610. The third kappa shape index (κ3) is 22.9. The van der Waals surface area contributed by atoms with E-state index in [2.05, 4.69) is 19.2 Å². The van der Waals surface area contributed by atoms with Crippen molar-refractivity contribution in [3.63, 3.8) is 0 Å². The zero-order valence-electron chi connectivity index (χ0n) is 22.9. The predicted octanol–water partition coefficient (Wildman–Crippen LogP) is 8.00. The van der Waals surface area contributed by atoms with Gasteiger partial charge in [-0.25, -0.2) is 0 Å². The third-order valence-corrected chi connectivity index (χ3v) is 6.75. The lowest BCUT2D eigenvalue weighted by molar-refractivity contribution is -0.123. The van der Waals surface area contributed by atoms with Gasteiger partial charge in [0.1, 0.15) is 0 Å². The number of unbranched alkanes of at least 4 members (excludes halogenated alkanes) is 19. The molecule has 0 aliphatic rings. The van der Waals surface area contributed by atoms with E-state index in [0.717, 1.165) is 25.7 Å². The second-order valence-electron chi connectivity index (χ2n) is 10.2. The van der Waals surface area contributed by atoms with Crippen molar-refractivity contribution >= 4 is 5.91 Å². The van der Waals surface area contributed by atoms with E-state index in [1.165, 1.54) is 109 Å². The van der Waals surface area contributed by atoms with Gasteiger partial charge < -0.3 is 15.5 Å². The molecule has 0 aliphatic carbocycles. The summed E-state index contributed by atoms with van der Waals surface area (Å²) < 4.78 is 0. The van der Waals surface area contributed by atoms with Crippen molar-refractivity contribution in [1.29, 1.82) is 0 Å². The van der Waals surface area contributed by atoms with Gasteiger partial charge in [-0.05, 0) is 12.8 Å². The van der Waals surface area contributed by atoms with Crippen LogP contribution in [0.2, 0.25) is 0 Å². The molecule has 0 saturated heterocycles. The highest BCUT2D eigenvalue weighted by atomic mass is 16.3. The maximum Gasteiger partial charge on any atom is 0.220 e. The fourth-order valence-corrected chi connectivity index (χ4v) is 4.42. The Hall–Kier alpha value is -0.870. The number of nitrogens with one attached hydrogen (secondary N) is 1. The molecule has 34 heavy (non-hydrogen) atoms. The molecule has 2 atom stereocenters. The second kappa shape index (κ2) is 26.7. The standard InChI is InChI=1S/C30H59NO3/c1-3-5-7-8-9-10-11-12-13-14-15-16-17-18-19-20-21-22-24-26-30(34)31-28(27-32)29(33)25-23-6-4-2/h23,25,28-29,32-33H,3-22,24,26-27H2,1-2H3,(H,31,34)/b25-23+. The average Bonchev–Trinajstić information content (AvgIpc) is 2.84. The number of aliphatic hydroxyl groups excluding tert-OH is 2. The van der Waals surface area contributed by atoms with Crippen LogP contribution in [0.3, 0.4) is 0 Å². The van der Waals surface area contributed by atoms with Crippen LogP contribution in [0.5, 0.6) is 0 Å². The van der Waals surface area contributed by atoms with Crippen LogP contribution in [-0.2, 0) is 4.79 Å². The number of hydrogen-bond donors (Lipinski definition) is 3. The van der Waals surface area contributed by atoms with Crippen molar-refractivity contribution in [3.8, 4) is 0 Å². The number of rotatable bonds is 26. The number of carbonyl (C=O) groups excluding carboxylic acids is 1. The van der Waals surface area contributed by atoms with Crippen LogP contribution in [0.15, 0.2) is 12.2 Å².